The van der Waals surface area contributed by atoms with Gasteiger partial charge in [0.1, 0.15) is 25.3 Å². The van der Waals surface area contributed by atoms with Crippen LogP contribution in [0.4, 0.5) is 5.13 Å². The van der Waals surface area contributed by atoms with Gasteiger partial charge in [-0.25, -0.2) is 9.47 Å². The Bertz CT molecular complexity index is 926. The summed E-state index contributed by atoms with van der Waals surface area (Å²) in [6, 6.07) is 16.2. The van der Waals surface area contributed by atoms with Crippen molar-refractivity contribution < 1.29 is 26.3 Å². The van der Waals surface area contributed by atoms with Gasteiger partial charge in [-0.2, -0.15) is 0 Å². The van der Waals surface area contributed by atoms with Crippen molar-refractivity contribution >= 4 is 60.8 Å². The maximum atomic E-state index is 12.6. The van der Waals surface area contributed by atoms with Crippen LogP contribution in [0, 0.1) is 3.57 Å². The topological polar surface area (TPSA) is 24.2 Å². The fourth-order valence-corrected chi connectivity index (χ4v) is 4.73. The SMILES string of the molecule is O=C(CN1CC[n+]2c(-c3ccc(Br)cc3)csc21)c1ccc(I)cc1.[Br-]. The Morgan fingerprint density at radius 2 is 1.85 bits per heavy atom. The van der Waals surface area contributed by atoms with Gasteiger partial charge in [-0.05, 0) is 59.0 Å². The summed E-state index contributed by atoms with van der Waals surface area (Å²) < 4.78 is 4.54. The maximum Gasteiger partial charge on any atom is 0.337 e. The van der Waals surface area contributed by atoms with E-state index in [0.29, 0.717) is 6.54 Å². The number of carbonyl (C=O) groups is 1. The largest absolute Gasteiger partial charge is 1.00 e. The van der Waals surface area contributed by atoms with Crippen molar-refractivity contribution in [3.63, 3.8) is 0 Å². The van der Waals surface area contributed by atoms with E-state index in [2.05, 4.69) is 77.6 Å². The van der Waals surface area contributed by atoms with Crippen molar-refractivity contribution in [3.05, 3.63) is 67.5 Å². The van der Waals surface area contributed by atoms with Gasteiger partial charge >= 0.3 is 5.13 Å². The number of rotatable bonds is 4. The standard InChI is InChI=1S/C19H15BrIN2OS.BrH/c20-15-5-1-13(2-6-15)17-12-25-19-22(9-10-23(17)19)11-18(24)14-3-7-16(21)8-4-14;/h1-8,12H,9-11H2;1H/q+1;/p-1. The summed E-state index contributed by atoms with van der Waals surface area (Å²) in [5.74, 6) is 0.170. The molecule has 0 saturated heterocycles. The molecule has 4 rings (SSSR count). The first kappa shape index (κ1) is 20.0. The van der Waals surface area contributed by atoms with Crippen LogP contribution in [0.1, 0.15) is 10.4 Å². The molecule has 0 aliphatic carbocycles. The third-order valence-corrected chi connectivity index (χ3v) is 6.58. The van der Waals surface area contributed by atoms with E-state index < -0.39 is 0 Å². The summed E-state index contributed by atoms with van der Waals surface area (Å²) in [4.78, 5) is 14.8. The predicted molar refractivity (Wildman–Crippen MR) is 113 cm³/mol. The third kappa shape index (κ3) is 4.05. The summed E-state index contributed by atoms with van der Waals surface area (Å²) in [5.41, 5.74) is 3.21. The van der Waals surface area contributed by atoms with Crippen LogP contribution in [0.5, 0.6) is 0 Å². The highest BCUT2D eigenvalue weighted by molar-refractivity contribution is 14.1. The van der Waals surface area contributed by atoms with Crippen LogP contribution in [-0.4, -0.2) is 18.9 Å². The molecule has 0 amide bonds. The molecule has 0 saturated carbocycles. The molecule has 0 unspecified atom stereocenters. The first-order chi connectivity index (χ1) is 12.1. The van der Waals surface area contributed by atoms with Gasteiger partial charge in [-0.1, -0.05) is 39.4 Å². The van der Waals surface area contributed by atoms with E-state index in [-0.39, 0.29) is 22.8 Å². The highest BCUT2D eigenvalue weighted by Gasteiger charge is 2.33. The minimum absolute atomic E-state index is 0. The molecular weight excluding hydrogens is 591 g/mol. The van der Waals surface area contributed by atoms with Crippen molar-refractivity contribution in [3.8, 4) is 11.3 Å². The van der Waals surface area contributed by atoms with Crippen molar-refractivity contribution in [1.29, 1.82) is 0 Å². The summed E-state index contributed by atoms with van der Waals surface area (Å²) >= 11 is 7.45. The third-order valence-electron chi connectivity index (χ3n) is 4.30. The average Bonchev–Trinajstić information content (AvgIpc) is 3.19. The van der Waals surface area contributed by atoms with Crippen LogP contribution in [-0.2, 0) is 6.54 Å². The molecule has 7 heteroatoms. The second-order valence-electron chi connectivity index (χ2n) is 5.91. The first-order valence-corrected chi connectivity index (χ1v) is 10.7. The molecule has 3 nitrogen and oxygen atoms in total. The number of carbonyl (C=O) groups excluding carboxylic acids is 1. The van der Waals surface area contributed by atoms with Gasteiger partial charge in [0.25, 0.3) is 0 Å². The van der Waals surface area contributed by atoms with E-state index in [1.807, 2.05) is 24.3 Å². The minimum Gasteiger partial charge on any atom is -1.00 e. The fourth-order valence-electron chi connectivity index (χ4n) is 3.01. The molecule has 0 N–H and O–H groups in total. The Kier molecular flexibility index (Phi) is 6.53. The Morgan fingerprint density at radius 3 is 2.54 bits per heavy atom. The molecule has 3 aromatic rings. The van der Waals surface area contributed by atoms with Gasteiger partial charge in [0.05, 0.1) is 0 Å². The van der Waals surface area contributed by atoms with Crippen LogP contribution in [0.25, 0.3) is 11.3 Å². The minimum atomic E-state index is 0. The van der Waals surface area contributed by atoms with Gasteiger partial charge in [0.2, 0.25) is 5.78 Å². The van der Waals surface area contributed by atoms with Crippen LogP contribution in [0.3, 0.4) is 0 Å². The Balaban J connectivity index is 0.00000196. The number of Topliss-reactive ketones (excluding diaryl/α,β-unsaturated/α-hetero) is 1. The monoisotopic (exact) mass is 604 g/mol. The highest BCUT2D eigenvalue weighted by atomic mass is 127. The van der Waals surface area contributed by atoms with E-state index in [1.165, 1.54) is 11.3 Å². The number of nitrogens with zero attached hydrogens (tertiary/aromatic N) is 2. The van der Waals surface area contributed by atoms with Crippen LogP contribution in [0.2, 0.25) is 0 Å². The Morgan fingerprint density at radius 1 is 1.15 bits per heavy atom. The van der Waals surface area contributed by atoms with Gasteiger partial charge in [0.15, 0.2) is 0 Å². The average molecular weight is 606 g/mol. The highest BCUT2D eigenvalue weighted by Crippen LogP contribution is 2.29. The van der Waals surface area contributed by atoms with Crippen LogP contribution >= 0.6 is 49.9 Å². The maximum absolute atomic E-state index is 12.6. The van der Waals surface area contributed by atoms with Crippen LogP contribution in [0.15, 0.2) is 58.4 Å². The number of hydrogen-bond donors (Lipinski definition) is 0. The molecule has 134 valence electrons. The normalized spacial score (nSPS) is 12.6. The number of thiazole rings is 1. The molecule has 0 bridgehead atoms. The lowest BCUT2D eigenvalue weighted by atomic mass is 10.1. The molecule has 0 radical (unpaired) electrons. The van der Waals surface area contributed by atoms with E-state index in [1.54, 1.807) is 11.3 Å². The second-order valence-corrected chi connectivity index (χ2v) is 8.91. The number of ketones is 1. The van der Waals surface area contributed by atoms with Crippen molar-refractivity contribution in [1.82, 2.24) is 0 Å². The number of fused-ring (bicyclic) bond motifs is 1. The molecule has 0 atom stereocenters. The smallest absolute Gasteiger partial charge is 0.337 e. The molecule has 2 aromatic carbocycles. The lowest BCUT2D eigenvalue weighted by Crippen LogP contribution is -3.00. The molecule has 1 aromatic heterocycles. The molecule has 2 heterocycles. The zero-order valence-electron chi connectivity index (χ0n) is 13.7. The van der Waals surface area contributed by atoms with E-state index in [0.717, 1.165) is 31.8 Å². The van der Waals surface area contributed by atoms with Crippen molar-refractivity contribution in [2.24, 2.45) is 0 Å². The van der Waals surface area contributed by atoms with E-state index in [9.17, 15) is 4.79 Å². The van der Waals surface area contributed by atoms with Gasteiger partial charge in [0, 0.05) is 24.5 Å². The molecule has 0 fully saturated rings. The van der Waals surface area contributed by atoms with E-state index >= 15 is 0 Å². The summed E-state index contributed by atoms with van der Waals surface area (Å²) in [6.45, 7) is 2.23. The van der Waals surface area contributed by atoms with E-state index in [4.69, 9.17) is 0 Å². The van der Waals surface area contributed by atoms with Crippen molar-refractivity contribution in [2.45, 2.75) is 6.54 Å². The van der Waals surface area contributed by atoms with Crippen LogP contribution < -0.4 is 26.4 Å². The molecule has 1 aliphatic rings. The summed E-state index contributed by atoms with van der Waals surface area (Å²) in [5, 5.41) is 3.34. The zero-order chi connectivity index (χ0) is 17.4. The molecule has 0 spiro atoms. The summed E-state index contributed by atoms with van der Waals surface area (Å²) in [6.07, 6.45) is 0. The number of halogens is 3. The van der Waals surface area contributed by atoms with Crippen molar-refractivity contribution in [2.75, 3.05) is 18.0 Å². The van der Waals surface area contributed by atoms with Gasteiger partial charge in [-0.3, -0.25) is 4.79 Å². The molecule has 1 aliphatic heterocycles. The second kappa shape index (κ2) is 8.50. The fraction of sp³-hybridized carbons (Fsp3) is 0.158. The number of anilines is 1. The lowest BCUT2D eigenvalue weighted by molar-refractivity contribution is -0.656. The quantitative estimate of drug-likeness (QED) is 0.257. The number of aromatic nitrogens is 1. The predicted octanol–water partition coefficient (Wildman–Crippen LogP) is 1.78. The van der Waals surface area contributed by atoms with Gasteiger partial charge < -0.3 is 17.0 Å². The first-order valence-electron chi connectivity index (χ1n) is 7.93. The number of hydrogen-bond acceptors (Lipinski definition) is 3. The Hall–Kier alpha value is -0.770. The zero-order valence-corrected chi connectivity index (χ0v) is 19.8. The lowest BCUT2D eigenvalue weighted by Gasteiger charge is -2.07. The van der Waals surface area contributed by atoms with Gasteiger partial charge in [-0.15, -0.1) is 0 Å². The summed E-state index contributed by atoms with van der Waals surface area (Å²) in [7, 11) is 0. The molecule has 26 heavy (non-hydrogen) atoms. The Labute approximate surface area is 189 Å². The molecular formula is C19H15Br2IN2OS. The number of benzene rings is 2.